The average molecular weight is 344 g/mol. The molecular weight excluding hydrogens is 326 g/mol. The van der Waals surface area contributed by atoms with E-state index in [9.17, 15) is 9.59 Å². The van der Waals surface area contributed by atoms with E-state index in [1.54, 1.807) is 24.4 Å². The fourth-order valence-electron chi connectivity index (χ4n) is 2.68. The molecule has 0 aliphatic heterocycles. The average Bonchev–Trinajstić information content (AvgIpc) is 3.42. The van der Waals surface area contributed by atoms with Gasteiger partial charge in [-0.25, -0.2) is 4.79 Å². The van der Waals surface area contributed by atoms with Crippen molar-refractivity contribution in [3.05, 3.63) is 64.4 Å². The second kappa shape index (κ2) is 7.01. The van der Waals surface area contributed by atoms with Crippen LogP contribution in [0.1, 0.15) is 41.5 Å². The quantitative estimate of drug-likeness (QED) is 0.895. The molecule has 3 amide bonds. The molecule has 5 nitrogen and oxygen atoms in total. The first-order valence-electron chi connectivity index (χ1n) is 7.83. The normalized spacial score (nSPS) is 14.8. The third kappa shape index (κ3) is 3.57. The van der Waals surface area contributed by atoms with Crippen LogP contribution in [-0.2, 0) is 4.79 Å². The smallest absolute Gasteiger partial charge is 0.321 e. The van der Waals surface area contributed by atoms with Crippen LogP contribution in [0, 0.1) is 0 Å². The van der Waals surface area contributed by atoms with E-state index in [1.807, 2.05) is 18.2 Å². The van der Waals surface area contributed by atoms with Gasteiger partial charge in [0.2, 0.25) is 5.91 Å². The Morgan fingerprint density at radius 3 is 2.67 bits per heavy atom. The van der Waals surface area contributed by atoms with E-state index in [0.29, 0.717) is 22.2 Å². The number of benzene rings is 1. The van der Waals surface area contributed by atoms with Crippen molar-refractivity contribution in [3.63, 3.8) is 0 Å². The van der Waals surface area contributed by atoms with E-state index in [2.05, 4.69) is 15.6 Å². The second-order valence-corrected chi connectivity index (χ2v) is 6.22. The summed E-state index contributed by atoms with van der Waals surface area (Å²) in [6.07, 6.45) is 4.02. The Kier molecular flexibility index (Phi) is 4.81. The standard InChI is InChI=1S/C18H18ClN3O2/c1-20-18(24)22-17(23)16(13-4-2-3-5-14(13)19)15-10-12(8-9-21-15)11-6-7-11/h2-5,8-11,16H,6-7H2,1H3,(H2,20,22,23,24). The number of hydrogen-bond donors (Lipinski definition) is 2. The van der Waals surface area contributed by atoms with Crippen molar-refractivity contribution in [2.75, 3.05) is 7.05 Å². The van der Waals surface area contributed by atoms with Gasteiger partial charge >= 0.3 is 6.03 Å². The maximum atomic E-state index is 12.7. The second-order valence-electron chi connectivity index (χ2n) is 5.81. The Labute approximate surface area is 145 Å². The van der Waals surface area contributed by atoms with E-state index in [1.165, 1.54) is 12.6 Å². The highest BCUT2D eigenvalue weighted by atomic mass is 35.5. The third-order valence-corrected chi connectivity index (χ3v) is 4.44. The van der Waals surface area contributed by atoms with Gasteiger partial charge in [-0.15, -0.1) is 0 Å². The minimum atomic E-state index is -0.741. The van der Waals surface area contributed by atoms with Crippen LogP contribution in [0.25, 0.3) is 0 Å². The van der Waals surface area contributed by atoms with Gasteiger partial charge in [-0.1, -0.05) is 29.8 Å². The zero-order valence-corrected chi connectivity index (χ0v) is 14.0. The van der Waals surface area contributed by atoms with Crippen LogP contribution in [0.5, 0.6) is 0 Å². The summed E-state index contributed by atoms with van der Waals surface area (Å²) in [4.78, 5) is 28.6. The molecule has 1 aromatic carbocycles. The van der Waals surface area contributed by atoms with E-state index < -0.39 is 17.9 Å². The SMILES string of the molecule is CNC(=O)NC(=O)C(c1cc(C2CC2)ccn1)c1ccccc1Cl. The number of aromatic nitrogens is 1. The van der Waals surface area contributed by atoms with Gasteiger partial charge in [-0.2, -0.15) is 0 Å². The highest BCUT2D eigenvalue weighted by molar-refractivity contribution is 6.31. The molecular formula is C18H18ClN3O2. The number of nitrogens with zero attached hydrogens (tertiary/aromatic N) is 1. The lowest BCUT2D eigenvalue weighted by atomic mass is 9.93. The molecule has 1 aliphatic carbocycles. The number of carbonyl (C=O) groups excluding carboxylic acids is 2. The molecule has 6 heteroatoms. The molecule has 1 saturated carbocycles. The maximum Gasteiger partial charge on any atom is 0.321 e. The van der Waals surface area contributed by atoms with Gasteiger partial charge in [0.05, 0.1) is 5.69 Å². The number of carbonyl (C=O) groups is 2. The van der Waals surface area contributed by atoms with E-state index in [0.717, 1.165) is 12.8 Å². The maximum absolute atomic E-state index is 12.7. The van der Waals surface area contributed by atoms with Crippen LogP contribution in [0.15, 0.2) is 42.6 Å². The number of hydrogen-bond acceptors (Lipinski definition) is 3. The molecule has 3 rings (SSSR count). The fraction of sp³-hybridized carbons (Fsp3) is 0.278. The van der Waals surface area contributed by atoms with E-state index in [4.69, 9.17) is 11.6 Å². The predicted molar refractivity (Wildman–Crippen MR) is 92.1 cm³/mol. The molecule has 1 fully saturated rings. The number of halogens is 1. The molecule has 124 valence electrons. The molecule has 0 bridgehead atoms. The van der Waals surface area contributed by atoms with E-state index in [-0.39, 0.29) is 0 Å². The molecule has 24 heavy (non-hydrogen) atoms. The number of nitrogens with one attached hydrogen (secondary N) is 2. The van der Waals surface area contributed by atoms with Gasteiger partial charge in [0.15, 0.2) is 0 Å². The first-order valence-corrected chi connectivity index (χ1v) is 8.20. The Bertz CT molecular complexity index is 774. The van der Waals surface area contributed by atoms with Gasteiger partial charge in [-0.05, 0) is 48.1 Å². The van der Waals surface area contributed by atoms with Crippen LogP contribution < -0.4 is 10.6 Å². The summed E-state index contributed by atoms with van der Waals surface area (Å²) in [5.41, 5.74) is 2.39. The third-order valence-electron chi connectivity index (χ3n) is 4.09. The van der Waals surface area contributed by atoms with Crippen molar-refractivity contribution >= 4 is 23.5 Å². The number of rotatable bonds is 4. The lowest BCUT2D eigenvalue weighted by molar-refractivity contribution is -0.120. The Hall–Kier alpha value is -2.40. The summed E-state index contributed by atoms with van der Waals surface area (Å²) < 4.78 is 0. The van der Waals surface area contributed by atoms with E-state index >= 15 is 0 Å². The fourth-order valence-corrected chi connectivity index (χ4v) is 2.93. The molecule has 0 radical (unpaired) electrons. The minimum absolute atomic E-state index is 0.456. The molecule has 1 heterocycles. The van der Waals surface area contributed by atoms with Crippen molar-refractivity contribution in [3.8, 4) is 0 Å². The molecule has 0 spiro atoms. The molecule has 2 aromatic rings. The van der Waals surface area contributed by atoms with Crippen molar-refractivity contribution in [1.82, 2.24) is 15.6 Å². The zero-order chi connectivity index (χ0) is 17.1. The number of amides is 3. The first-order chi connectivity index (χ1) is 11.6. The van der Waals surface area contributed by atoms with Gasteiger partial charge in [0.25, 0.3) is 0 Å². The largest absolute Gasteiger partial charge is 0.341 e. The highest BCUT2D eigenvalue weighted by Crippen LogP contribution is 2.41. The molecule has 1 aromatic heterocycles. The highest BCUT2D eigenvalue weighted by Gasteiger charge is 2.29. The summed E-state index contributed by atoms with van der Waals surface area (Å²) in [6, 6.07) is 10.5. The lowest BCUT2D eigenvalue weighted by Gasteiger charge is -2.18. The summed E-state index contributed by atoms with van der Waals surface area (Å²) >= 11 is 6.29. The van der Waals surface area contributed by atoms with Crippen molar-refractivity contribution in [2.45, 2.75) is 24.7 Å². The summed E-state index contributed by atoms with van der Waals surface area (Å²) in [5.74, 6) is -0.654. The van der Waals surface area contributed by atoms with Crippen LogP contribution in [-0.4, -0.2) is 24.0 Å². The van der Waals surface area contributed by atoms with Crippen molar-refractivity contribution in [1.29, 1.82) is 0 Å². The topological polar surface area (TPSA) is 71.1 Å². The predicted octanol–water partition coefficient (Wildman–Crippen LogP) is 3.20. The molecule has 1 unspecified atom stereocenters. The number of imide groups is 1. The monoisotopic (exact) mass is 343 g/mol. The summed E-state index contributed by atoms with van der Waals surface area (Å²) in [5, 5.41) is 5.18. The van der Waals surface area contributed by atoms with Crippen LogP contribution in [0.3, 0.4) is 0 Å². The van der Waals surface area contributed by atoms with Gasteiger partial charge in [-0.3, -0.25) is 15.1 Å². The number of pyridine rings is 1. The van der Waals surface area contributed by atoms with Crippen molar-refractivity contribution < 1.29 is 9.59 Å². The van der Waals surface area contributed by atoms with Crippen LogP contribution >= 0.6 is 11.6 Å². The Morgan fingerprint density at radius 1 is 1.25 bits per heavy atom. The Balaban J connectivity index is 2.01. The zero-order valence-electron chi connectivity index (χ0n) is 13.3. The lowest BCUT2D eigenvalue weighted by Crippen LogP contribution is -2.40. The molecule has 1 aliphatic rings. The summed E-state index contributed by atoms with van der Waals surface area (Å²) in [7, 11) is 1.46. The Morgan fingerprint density at radius 2 is 2.00 bits per heavy atom. The number of urea groups is 1. The summed E-state index contributed by atoms with van der Waals surface area (Å²) in [6.45, 7) is 0. The van der Waals surface area contributed by atoms with Gasteiger partial charge < -0.3 is 5.32 Å². The first kappa shape index (κ1) is 16.5. The van der Waals surface area contributed by atoms with Crippen LogP contribution in [0.4, 0.5) is 4.79 Å². The van der Waals surface area contributed by atoms with Gasteiger partial charge in [0, 0.05) is 18.3 Å². The van der Waals surface area contributed by atoms with Crippen LogP contribution in [0.2, 0.25) is 5.02 Å². The molecule has 0 saturated heterocycles. The molecule has 2 N–H and O–H groups in total. The van der Waals surface area contributed by atoms with Crippen molar-refractivity contribution in [2.24, 2.45) is 0 Å². The minimum Gasteiger partial charge on any atom is -0.341 e. The molecule has 1 atom stereocenters. The van der Waals surface area contributed by atoms with Gasteiger partial charge in [0.1, 0.15) is 5.92 Å².